The number of benzene rings is 1. The molecule has 2 aliphatic rings. The molecule has 0 amide bonds. The zero-order valence-electron chi connectivity index (χ0n) is 7.13. The number of hydrogen-bond donors (Lipinski definition) is 0. The summed E-state index contributed by atoms with van der Waals surface area (Å²) >= 11 is 3.58. The van der Waals surface area contributed by atoms with Gasteiger partial charge in [-0.2, -0.15) is 10.2 Å². The van der Waals surface area contributed by atoms with Gasteiger partial charge < -0.3 is 0 Å². The molecule has 1 aliphatic carbocycles. The van der Waals surface area contributed by atoms with E-state index in [0.717, 1.165) is 19.3 Å². The first-order chi connectivity index (χ1) is 6.29. The Labute approximate surface area is 85.2 Å². The molecule has 13 heavy (non-hydrogen) atoms. The van der Waals surface area contributed by atoms with Crippen LogP contribution in [0.15, 0.2) is 32.9 Å². The van der Waals surface area contributed by atoms with Crippen molar-refractivity contribution in [1.82, 2.24) is 0 Å². The maximum absolute atomic E-state index is 4.14. The second-order valence-electron chi connectivity index (χ2n) is 3.74. The van der Waals surface area contributed by atoms with Gasteiger partial charge in [-0.05, 0) is 23.6 Å². The second-order valence-corrected chi connectivity index (χ2v) is 4.59. The molecule has 0 atom stereocenters. The number of fused-ring (bicyclic) bond motifs is 1. The molecule has 0 aromatic heterocycles. The molecule has 0 unspecified atom stereocenters. The van der Waals surface area contributed by atoms with Gasteiger partial charge in [-0.3, -0.25) is 0 Å². The fourth-order valence-corrected chi connectivity index (χ4v) is 2.53. The molecule has 1 aliphatic heterocycles. The van der Waals surface area contributed by atoms with Crippen LogP contribution >= 0.6 is 15.9 Å². The molecule has 3 heteroatoms. The van der Waals surface area contributed by atoms with Crippen molar-refractivity contribution in [3.63, 3.8) is 0 Å². The highest BCUT2D eigenvalue weighted by Crippen LogP contribution is 2.43. The molecular weight excluding hydrogens is 228 g/mol. The van der Waals surface area contributed by atoms with E-state index in [-0.39, 0.29) is 5.66 Å². The summed E-state index contributed by atoms with van der Waals surface area (Å²) in [5.41, 5.74) is 2.84. The van der Waals surface area contributed by atoms with Crippen LogP contribution in [0.1, 0.15) is 17.5 Å². The van der Waals surface area contributed by atoms with Gasteiger partial charge >= 0.3 is 0 Å². The fraction of sp³-hybridized carbons (Fsp3) is 0.400. The first-order valence-corrected chi connectivity index (χ1v) is 5.29. The number of nitrogens with zero attached hydrogens (tertiary/aromatic N) is 2. The van der Waals surface area contributed by atoms with E-state index in [2.05, 4.69) is 44.4 Å². The first-order valence-electron chi connectivity index (χ1n) is 4.49. The molecule has 66 valence electrons. The van der Waals surface area contributed by atoms with Crippen molar-refractivity contribution in [1.29, 1.82) is 0 Å². The third kappa shape index (κ3) is 1.14. The summed E-state index contributed by atoms with van der Waals surface area (Å²) in [7, 11) is 0. The average molecular weight is 237 g/mol. The van der Waals surface area contributed by atoms with Crippen molar-refractivity contribution in [3.05, 3.63) is 33.8 Å². The lowest BCUT2D eigenvalue weighted by molar-refractivity contribution is 0.513. The van der Waals surface area contributed by atoms with Crippen molar-refractivity contribution in [2.45, 2.75) is 24.9 Å². The van der Waals surface area contributed by atoms with Crippen molar-refractivity contribution in [2.75, 3.05) is 0 Å². The molecule has 0 bridgehead atoms. The highest BCUT2D eigenvalue weighted by molar-refractivity contribution is 9.10. The molecule has 0 saturated heterocycles. The summed E-state index contributed by atoms with van der Waals surface area (Å²) in [6, 6.07) is 6.40. The Morgan fingerprint density at radius 3 is 2.92 bits per heavy atom. The Morgan fingerprint density at radius 1 is 1.31 bits per heavy atom. The molecule has 2 nitrogen and oxygen atoms in total. The number of aryl methyl sites for hydroxylation is 1. The first kappa shape index (κ1) is 7.68. The fourth-order valence-electron chi connectivity index (χ4n) is 1.98. The lowest BCUT2D eigenvalue weighted by Gasteiger charge is -2.21. The Morgan fingerprint density at radius 2 is 2.15 bits per heavy atom. The number of halogens is 1. The van der Waals surface area contributed by atoms with Crippen LogP contribution < -0.4 is 0 Å². The van der Waals surface area contributed by atoms with E-state index in [1.165, 1.54) is 15.6 Å². The highest BCUT2D eigenvalue weighted by atomic mass is 79.9. The Hall–Kier alpha value is -0.700. The van der Waals surface area contributed by atoms with Gasteiger partial charge in [0, 0.05) is 17.3 Å². The van der Waals surface area contributed by atoms with Gasteiger partial charge in [-0.25, -0.2) is 0 Å². The van der Waals surface area contributed by atoms with Gasteiger partial charge in [-0.15, -0.1) is 0 Å². The quantitative estimate of drug-likeness (QED) is 0.662. The summed E-state index contributed by atoms with van der Waals surface area (Å²) in [4.78, 5) is 0. The SMILES string of the molecule is Brc1cccc2c1CC1(CC2)N=N1. The van der Waals surface area contributed by atoms with Crippen LogP contribution in [0.4, 0.5) is 0 Å². The normalized spacial score (nSPS) is 21.6. The van der Waals surface area contributed by atoms with Crippen LogP contribution in [0.3, 0.4) is 0 Å². The van der Waals surface area contributed by atoms with Crippen LogP contribution in [0.2, 0.25) is 0 Å². The summed E-state index contributed by atoms with van der Waals surface area (Å²) in [5, 5.41) is 8.27. The van der Waals surface area contributed by atoms with E-state index in [1.54, 1.807) is 0 Å². The molecule has 1 heterocycles. The van der Waals surface area contributed by atoms with Crippen LogP contribution in [-0.4, -0.2) is 5.66 Å². The van der Waals surface area contributed by atoms with E-state index in [4.69, 9.17) is 0 Å². The number of hydrogen-bond acceptors (Lipinski definition) is 2. The van der Waals surface area contributed by atoms with Crippen LogP contribution in [0.5, 0.6) is 0 Å². The van der Waals surface area contributed by atoms with Gasteiger partial charge in [0.2, 0.25) is 0 Å². The van der Waals surface area contributed by atoms with Crippen LogP contribution in [0.25, 0.3) is 0 Å². The van der Waals surface area contributed by atoms with Gasteiger partial charge in [0.25, 0.3) is 0 Å². The minimum atomic E-state index is -0.0170. The minimum Gasteiger partial charge on any atom is -0.159 e. The Kier molecular flexibility index (Phi) is 1.42. The Balaban J connectivity index is 2.06. The van der Waals surface area contributed by atoms with Gasteiger partial charge in [0.05, 0.1) is 0 Å². The summed E-state index contributed by atoms with van der Waals surface area (Å²) < 4.78 is 1.21. The Bertz CT molecular complexity index is 392. The minimum absolute atomic E-state index is 0.0170. The summed E-state index contributed by atoms with van der Waals surface area (Å²) in [6.45, 7) is 0. The van der Waals surface area contributed by atoms with E-state index in [9.17, 15) is 0 Å². The van der Waals surface area contributed by atoms with E-state index < -0.39 is 0 Å². The van der Waals surface area contributed by atoms with E-state index in [1.807, 2.05) is 0 Å². The third-order valence-electron chi connectivity index (χ3n) is 2.85. The van der Waals surface area contributed by atoms with Crippen LogP contribution in [0, 0.1) is 0 Å². The molecule has 3 rings (SSSR count). The topological polar surface area (TPSA) is 24.7 Å². The molecule has 1 spiro atoms. The molecular formula is C10H9BrN2. The molecule has 0 N–H and O–H groups in total. The molecule has 1 aromatic rings. The van der Waals surface area contributed by atoms with Gasteiger partial charge in [0.15, 0.2) is 5.66 Å². The summed E-state index contributed by atoms with van der Waals surface area (Å²) in [6.07, 6.45) is 3.20. The van der Waals surface area contributed by atoms with Crippen molar-refractivity contribution in [2.24, 2.45) is 10.2 Å². The lowest BCUT2D eigenvalue weighted by Crippen LogP contribution is -2.22. The molecule has 0 saturated carbocycles. The maximum Gasteiger partial charge on any atom is 0.195 e. The standard InChI is InChI=1S/C10H9BrN2/c11-9-3-1-2-7-4-5-10(12-13-10)6-8(7)9/h1-3H,4-6H2. The largest absolute Gasteiger partial charge is 0.195 e. The molecule has 0 radical (unpaired) electrons. The summed E-state index contributed by atoms with van der Waals surface area (Å²) in [5.74, 6) is 0. The van der Waals surface area contributed by atoms with Crippen molar-refractivity contribution >= 4 is 15.9 Å². The molecule has 0 fully saturated rings. The van der Waals surface area contributed by atoms with Crippen molar-refractivity contribution < 1.29 is 0 Å². The third-order valence-corrected chi connectivity index (χ3v) is 3.60. The molecule has 1 aromatic carbocycles. The average Bonchev–Trinajstić information content (AvgIpc) is 2.88. The van der Waals surface area contributed by atoms with E-state index in [0.29, 0.717) is 0 Å². The predicted molar refractivity (Wildman–Crippen MR) is 53.8 cm³/mol. The zero-order chi connectivity index (χ0) is 8.89. The highest BCUT2D eigenvalue weighted by Gasteiger charge is 2.43. The van der Waals surface area contributed by atoms with E-state index >= 15 is 0 Å². The van der Waals surface area contributed by atoms with Gasteiger partial charge in [-0.1, -0.05) is 28.1 Å². The van der Waals surface area contributed by atoms with Crippen molar-refractivity contribution in [3.8, 4) is 0 Å². The maximum atomic E-state index is 4.14. The number of rotatable bonds is 0. The monoisotopic (exact) mass is 236 g/mol. The predicted octanol–water partition coefficient (Wildman–Crippen LogP) is 3.10. The second kappa shape index (κ2) is 2.41. The van der Waals surface area contributed by atoms with Gasteiger partial charge in [0.1, 0.15) is 0 Å². The smallest absolute Gasteiger partial charge is 0.159 e. The van der Waals surface area contributed by atoms with Crippen LogP contribution in [-0.2, 0) is 12.8 Å². The zero-order valence-corrected chi connectivity index (χ0v) is 8.71. The lowest BCUT2D eigenvalue weighted by atomic mass is 9.86.